The van der Waals surface area contributed by atoms with Gasteiger partial charge in [-0.15, -0.1) is 0 Å². The van der Waals surface area contributed by atoms with Gasteiger partial charge in [-0.1, -0.05) is 11.3 Å². The highest BCUT2D eigenvalue weighted by Gasteiger charge is 2.24. The van der Waals surface area contributed by atoms with Gasteiger partial charge in [0.15, 0.2) is 6.29 Å². The lowest BCUT2D eigenvalue weighted by molar-refractivity contribution is 0.0590. The Morgan fingerprint density at radius 1 is 1.35 bits per heavy atom. The fraction of sp³-hybridized carbons (Fsp3) is 0.375. The first-order valence-electron chi connectivity index (χ1n) is 7.06. The summed E-state index contributed by atoms with van der Waals surface area (Å²) in [5.74, 6) is 0. The number of carbonyl (C=O) groups excluding carboxylic acids is 2. The van der Waals surface area contributed by atoms with Crippen LogP contribution in [0, 0.1) is 6.92 Å². The largest absolute Gasteiger partial charge is 0.443 e. The van der Waals surface area contributed by atoms with Crippen LogP contribution in [0.3, 0.4) is 0 Å². The maximum atomic E-state index is 12.2. The van der Waals surface area contributed by atoms with Crippen LogP contribution >= 0.6 is 11.3 Å². The Kier molecular flexibility index (Phi) is 4.79. The lowest BCUT2D eigenvalue weighted by atomic mass is 10.2. The number of anilines is 1. The highest BCUT2D eigenvalue weighted by Crippen LogP contribution is 2.34. The normalized spacial score (nSPS) is 11.2. The van der Waals surface area contributed by atoms with Crippen molar-refractivity contribution >= 4 is 28.7 Å². The molecule has 0 atom stereocenters. The van der Waals surface area contributed by atoms with Crippen LogP contribution in [-0.2, 0) is 4.74 Å². The molecule has 2 rings (SSSR count). The van der Waals surface area contributed by atoms with E-state index in [1.54, 1.807) is 19.3 Å². The van der Waals surface area contributed by atoms with E-state index in [-0.39, 0.29) is 0 Å². The Bertz CT molecular complexity index is 734. The summed E-state index contributed by atoms with van der Waals surface area (Å²) in [6.45, 7) is 7.29. The van der Waals surface area contributed by atoms with Crippen molar-refractivity contribution in [2.75, 3.05) is 11.9 Å². The van der Waals surface area contributed by atoms with Gasteiger partial charge in [0.25, 0.3) is 0 Å². The van der Waals surface area contributed by atoms with Crippen molar-refractivity contribution in [1.29, 1.82) is 0 Å². The van der Waals surface area contributed by atoms with Crippen LogP contribution in [0.2, 0.25) is 0 Å². The van der Waals surface area contributed by atoms with E-state index >= 15 is 0 Å². The number of amides is 1. The second kappa shape index (κ2) is 6.45. The number of aryl methyl sites for hydroxylation is 1. The van der Waals surface area contributed by atoms with Crippen LogP contribution in [0.15, 0.2) is 18.5 Å². The molecule has 0 bridgehead atoms. The van der Waals surface area contributed by atoms with Crippen molar-refractivity contribution in [3.63, 3.8) is 0 Å². The monoisotopic (exact) mass is 333 g/mol. The molecule has 0 aliphatic rings. The van der Waals surface area contributed by atoms with Crippen LogP contribution in [0.1, 0.15) is 36.8 Å². The molecular formula is C16H19N3O3S. The van der Waals surface area contributed by atoms with Gasteiger partial charge in [-0.25, -0.2) is 9.78 Å². The van der Waals surface area contributed by atoms with E-state index in [0.29, 0.717) is 15.6 Å². The molecular weight excluding hydrogens is 314 g/mol. The zero-order valence-electron chi connectivity index (χ0n) is 13.8. The third kappa shape index (κ3) is 4.13. The number of aldehydes is 1. The molecule has 0 radical (unpaired) electrons. The van der Waals surface area contributed by atoms with E-state index in [0.717, 1.165) is 17.5 Å². The first-order chi connectivity index (χ1) is 10.7. The minimum atomic E-state index is -0.561. The number of aromatic nitrogens is 2. The van der Waals surface area contributed by atoms with Gasteiger partial charge >= 0.3 is 6.09 Å². The van der Waals surface area contributed by atoms with Crippen LogP contribution in [-0.4, -0.2) is 35.0 Å². The molecule has 0 spiro atoms. The molecule has 0 aliphatic carbocycles. The Balaban J connectivity index is 2.30. The minimum Gasteiger partial charge on any atom is -0.443 e. The summed E-state index contributed by atoms with van der Waals surface area (Å²) in [5, 5.41) is 1.40. The van der Waals surface area contributed by atoms with Crippen LogP contribution in [0.4, 0.5) is 9.80 Å². The summed E-state index contributed by atoms with van der Waals surface area (Å²) in [5.41, 5.74) is 1.38. The number of ether oxygens (including phenoxy) is 1. The van der Waals surface area contributed by atoms with Gasteiger partial charge in [0.1, 0.15) is 15.6 Å². The van der Waals surface area contributed by atoms with Gasteiger partial charge < -0.3 is 4.74 Å². The quantitative estimate of drug-likeness (QED) is 0.801. The fourth-order valence-electron chi connectivity index (χ4n) is 1.88. The first-order valence-corrected chi connectivity index (χ1v) is 7.87. The molecule has 2 heterocycles. The van der Waals surface area contributed by atoms with Gasteiger partial charge in [-0.05, 0) is 33.8 Å². The molecule has 0 aromatic carbocycles. The minimum absolute atomic E-state index is 0.435. The molecule has 122 valence electrons. The van der Waals surface area contributed by atoms with Gasteiger partial charge in [0, 0.05) is 30.6 Å². The zero-order chi connectivity index (χ0) is 17.2. The molecule has 0 aliphatic heterocycles. The molecule has 2 aromatic heterocycles. The summed E-state index contributed by atoms with van der Waals surface area (Å²) in [6, 6.07) is 1.72. The Morgan fingerprint density at radius 3 is 2.65 bits per heavy atom. The molecule has 0 fully saturated rings. The van der Waals surface area contributed by atoms with Crippen molar-refractivity contribution in [2.24, 2.45) is 0 Å². The molecule has 7 heteroatoms. The van der Waals surface area contributed by atoms with E-state index in [9.17, 15) is 9.59 Å². The van der Waals surface area contributed by atoms with E-state index in [1.165, 1.54) is 22.4 Å². The summed E-state index contributed by atoms with van der Waals surface area (Å²) in [6.07, 6.45) is 3.44. The van der Waals surface area contributed by atoms with Gasteiger partial charge in [-0.2, -0.15) is 0 Å². The van der Waals surface area contributed by atoms with Gasteiger partial charge in [-0.3, -0.25) is 14.7 Å². The molecule has 0 saturated carbocycles. The van der Waals surface area contributed by atoms with E-state index in [2.05, 4.69) is 9.97 Å². The standard InChI is InChI=1S/C16H19N3O3S/c1-10-14(19(5)15(21)22-16(2,3)4)23-13(18-10)12-6-11(9-20)7-17-8-12/h6-9H,1-5H3. The van der Waals surface area contributed by atoms with Gasteiger partial charge in [0.05, 0.1) is 5.69 Å². The van der Waals surface area contributed by atoms with Crippen LogP contribution in [0.5, 0.6) is 0 Å². The molecule has 2 aromatic rings. The fourth-order valence-corrected chi connectivity index (χ4v) is 2.88. The molecule has 0 N–H and O–H groups in total. The Hall–Kier alpha value is -2.28. The highest BCUT2D eigenvalue weighted by molar-refractivity contribution is 7.19. The molecule has 1 amide bonds. The van der Waals surface area contributed by atoms with Crippen molar-refractivity contribution < 1.29 is 14.3 Å². The number of hydrogen-bond acceptors (Lipinski definition) is 6. The van der Waals surface area contributed by atoms with Crippen molar-refractivity contribution in [3.05, 3.63) is 29.7 Å². The average molecular weight is 333 g/mol. The third-order valence-electron chi connectivity index (χ3n) is 2.89. The third-order valence-corrected chi connectivity index (χ3v) is 4.17. The summed E-state index contributed by atoms with van der Waals surface area (Å²) in [4.78, 5) is 33.0. The number of rotatable bonds is 3. The first kappa shape index (κ1) is 17.1. The Morgan fingerprint density at radius 2 is 2.04 bits per heavy atom. The van der Waals surface area contributed by atoms with E-state index < -0.39 is 11.7 Å². The molecule has 23 heavy (non-hydrogen) atoms. The highest BCUT2D eigenvalue weighted by atomic mass is 32.1. The number of carbonyl (C=O) groups is 2. The molecule has 0 unspecified atom stereocenters. The zero-order valence-corrected chi connectivity index (χ0v) is 14.6. The predicted octanol–water partition coefficient (Wildman–Crippen LogP) is 3.70. The smallest absolute Gasteiger partial charge is 0.415 e. The summed E-state index contributed by atoms with van der Waals surface area (Å²) >= 11 is 1.35. The van der Waals surface area contributed by atoms with Gasteiger partial charge in [0.2, 0.25) is 0 Å². The lowest BCUT2D eigenvalue weighted by Gasteiger charge is -2.23. The van der Waals surface area contributed by atoms with Crippen molar-refractivity contribution in [1.82, 2.24) is 9.97 Å². The molecule has 6 nitrogen and oxygen atoms in total. The van der Waals surface area contributed by atoms with Crippen LogP contribution in [0.25, 0.3) is 10.6 Å². The topological polar surface area (TPSA) is 72.4 Å². The Labute approximate surface area is 139 Å². The predicted molar refractivity (Wildman–Crippen MR) is 90.1 cm³/mol. The molecule has 0 saturated heterocycles. The summed E-state index contributed by atoms with van der Waals surface area (Å²) in [7, 11) is 1.65. The number of thiazole rings is 1. The average Bonchev–Trinajstić information content (AvgIpc) is 2.86. The number of pyridine rings is 1. The van der Waals surface area contributed by atoms with Crippen molar-refractivity contribution in [3.8, 4) is 10.6 Å². The number of nitrogens with zero attached hydrogens (tertiary/aromatic N) is 3. The maximum Gasteiger partial charge on any atom is 0.415 e. The lowest BCUT2D eigenvalue weighted by Crippen LogP contribution is -2.34. The second-order valence-electron chi connectivity index (χ2n) is 6.07. The maximum absolute atomic E-state index is 12.2. The van der Waals surface area contributed by atoms with E-state index in [1.807, 2.05) is 27.7 Å². The van der Waals surface area contributed by atoms with Crippen molar-refractivity contribution in [2.45, 2.75) is 33.3 Å². The second-order valence-corrected chi connectivity index (χ2v) is 7.05. The number of hydrogen-bond donors (Lipinski definition) is 0. The summed E-state index contributed by atoms with van der Waals surface area (Å²) < 4.78 is 5.37. The van der Waals surface area contributed by atoms with E-state index in [4.69, 9.17) is 4.74 Å². The van der Waals surface area contributed by atoms with Crippen LogP contribution < -0.4 is 4.90 Å². The SMILES string of the molecule is Cc1nc(-c2cncc(C=O)c2)sc1N(C)C(=O)OC(C)(C)C.